The fourth-order valence-electron chi connectivity index (χ4n) is 1.95. The van der Waals surface area contributed by atoms with Gasteiger partial charge < -0.3 is 10.1 Å². The highest BCUT2D eigenvalue weighted by Crippen LogP contribution is 2.28. The Balaban J connectivity index is 2.94. The summed E-state index contributed by atoms with van der Waals surface area (Å²) in [5, 5.41) is 12.4. The molecule has 3 heteroatoms. The summed E-state index contributed by atoms with van der Waals surface area (Å²) < 4.78 is 5.77. The molecule has 18 heavy (non-hydrogen) atoms. The van der Waals surface area contributed by atoms with Crippen molar-refractivity contribution in [1.29, 1.82) is 5.26 Å². The minimum absolute atomic E-state index is 0.280. The highest BCUT2D eigenvalue weighted by molar-refractivity contribution is 5.36. The fraction of sp³-hybridized carbons (Fsp3) is 0.533. The van der Waals surface area contributed by atoms with Gasteiger partial charge in [-0.1, -0.05) is 39.0 Å². The van der Waals surface area contributed by atoms with Gasteiger partial charge in [0.25, 0.3) is 0 Å². The van der Waals surface area contributed by atoms with E-state index in [1.165, 1.54) is 0 Å². The first-order chi connectivity index (χ1) is 8.76. The van der Waals surface area contributed by atoms with Crippen LogP contribution in [0.2, 0.25) is 0 Å². The summed E-state index contributed by atoms with van der Waals surface area (Å²) in [7, 11) is 0. The second-order valence-corrected chi connectivity index (χ2v) is 4.20. The number of nitrogens with zero attached hydrogens (tertiary/aromatic N) is 1. The fourth-order valence-corrected chi connectivity index (χ4v) is 1.95. The van der Waals surface area contributed by atoms with E-state index in [0.29, 0.717) is 6.42 Å². The Hall–Kier alpha value is -1.53. The molecular formula is C15H22N2O. The zero-order valence-corrected chi connectivity index (χ0v) is 11.4. The largest absolute Gasteiger partial charge is 0.475 e. The standard InChI is InChI=1S/C15H22N2O/c1-4-12(11-16)18-15-10-8-7-9-13(15)14(5-2)17-6-3/h7-10,12,14,17H,4-6H2,1-3H3. The number of benzene rings is 1. The lowest BCUT2D eigenvalue weighted by Crippen LogP contribution is -2.22. The van der Waals surface area contributed by atoms with E-state index in [1.807, 2.05) is 25.1 Å². The minimum atomic E-state index is -0.370. The van der Waals surface area contributed by atoms with Gasteiger partial charge in [0.1, 0.15) is 11.8 Å². The van der Waals surface area contributed by atoms with Crippen LogP contribution >= 0.6 is 0 Å². The molecule has 0 aliphatic carbocycles. The smallest absolute Gasteiger partial charge is 0.184 e. The van der Waals surface area contributed by atoms with Crippen LogP contribution in [-0.2, 0) is 0 Å². The molecule has 1 aromatic carbocycles. The summed E-state index contributed by atoms with van der Waals surface area (Å²) in [5.41, 5.74) is 1.13. The maximum absolute atomic E-state index is 8.99. The second-order valence-electron chi connectivity index (χ2n) is 4.20. The number of para-hydroxylation sites is 1. The predicted octanol–water partition coefficient (Wildman–Crippen LogP) is 3.43. The van der Waals surface area contributed by atoms with Gasteiger partial charge in [-0.15, -0.1) is 0 Å². The lowest BCUT2D eigenvalue weighted by Gasteiger charge is -2.21. The van der Waals surface area contributed by atoms with Gasteiger partial charge in [-0.25, -0.2) is 0 Å². The molecule has 0 amide bonds. The average molecular weight is 246 g/mol. The van der Waals surface area contributed by atoms with Gasteiger partial charge >= 0.3 is 0 Å². The maximum Gasteiger partial charge on any atom is 0.184 e. The molecule has 3 nitrogen and oxygen atoms in total. The number of nitriles is 1. The SMILES string of the molecule is CCNC(CC)c1ccccc1OC(C#N)CC. The molecule has 0 spiro atoms. The Morgan fingerprint density at radius 2 is 1.94 bits per heavy atom. The highest BCUT2D eigenvalue weighted by atomic mass is 16.5. The average Bonchev–Trinajstić information content (AvgIpc) is 2.42. The monoisotopic (exact) mass is 246 g/mol. The molecular weight excluding hydrogens is 224 g/mol. The molecule has 0 bridgehead atoms. The van der Waals surface area contributed by atoms with Gasteiger partial charge in [-0.2, -0.15) is 5.26 Å². The van der Waals surface area contributed by atoms with Gasteiger partial charge in [-0.3, -0.25) is 0 Å². The van der Waals surface area contributed by atoms with E-state index in [1.54, 1.807) is 0 Å². The number of rotatable bonds is 7. The van der Waals surface area contributed by atoms with E-state index in [0.717, 1.165) is 24.3 Å². The van der Waals surface area contributed by atoms with E-state index in [-0.39, 0.29) is 12.1 Å². The first-order valence-corrected chi connectivity index (χ1v) is 6.65. The van der Waals surface area contributed by atoms with Crippen LogP contribution in [0, 0.1) is 11.3 Å². The molecule has 98 valence electrons. The third-order valence-corrected chi connectivity index (χ3v) is 2.94. The van der Waals surface area contributed by atoms with Gasteiger partial charge in [0.15, 0.2) is 6.10 Å². The van der Waals surface area contributed by atoms with E-state index in [4.69, 9.17) is 10.00 Å². The topological polar surface area (TPSA) is 45.0 Å². The Morgan fingerprint density at radius 3 is 2.50 bits per heavy atom. The van der Waals surface area contributed by atoms with Crippen molar-refractivity contribution in [2.24, 2.45) is 0 Å². The molecule has 2 unspecified atom stereocenters. The van der Waals surface area contributed by atoms with Crippen LogP contribution in [0.3, 0.4) is 0 Å². The van der Waals surface area contributed by atoms with Gasteiger partial charge in [-0.05, 0) is 25.5 Å². The van der Waals surface area contributed by atoms with Crippen LogP contribution in [0.15, 0.2) is 24.3 Å². The Kier molecular flexibility index (Phi) is 6.24. The normalized spacial score (nSPS) is 13.7. The number of hydrogen-bond acceptors (Lipinski definition) is 3. The zero-order valence-electron chi connectivity index (χ0n) is 11.4. The number of nitrogens with one attached hydrogen (secondary N) is 1. The summed E-state index contributed by atoms with van der Waals surface area (Å²) in [5.74, 6) is 0.818. The summed E-state index contributed by atoms with van der Waals surface area (Å²) in [4.78, 5) is 0. The molecule has 2 atom stereocenters. The van der Waals surface area contributed by atoms with E-state index in [9.17, 15) is 0 Å². The van der Waals surface area contributed by atoms with Crippen molar-refractivity contribution in [2.75, 3.05) is 6.54 Å². The summed E-state index contributed by atoms with van der Waals surface area (Å²) >= 11 is 0. The molecule has 0 aliphatic rings. The first-order valence-electron chi connectivity index (χ1n) is 6.65. The van der Waals surface area contributed by atoms with E-state index in [2.05, 4.69) is 31.3 Å². The molecule has 1 aromatic rings. The Labute approximate surface area is 110 Å². The van der Waals surface area contributed by atoms with Gasteiger partial charge in [0.2, 0.25) is 0 Å². The molecule has 0 saturated carbocycles. The quantitative estimate of drug-likeness (QED) is 0.801. The molecule has 0 saturated heterocycles. The third-order valence-electron chi connectivity index (χ3n) is 2.94. The van der Waals surface area contributed by atoms with Gasteiger partial charge in [0, 0.05) is 11.6 Å². The Bertz CT molecular complexity index is 398. The van der Waals surface area contributed by atoms with E-state index < -0.39 is 0 Å². The molecule has 0 radical (unpaired) electrons. The van der Waals surface area contributed by atoms with Crippen molar-refractivity contribution >= 4 is 0 Å². The highest BCUT2D eigenvalue weighted by Gasteiger charge is 2.15. The third kappa shape index (κ3) is 3.75. The number of hydrogen-bond donors (Lipinski definition) is 1. The maximum atomic E-state index is 8.99. The van der Waals surface area contributed by atoms with Crippen LogP contribution in [0.4, 0.5) is 0 Å². The van der Waals surface area contributed by atoms with Crippen LogP contribution in [0.1, 0.15) is 45.2 Å². The molecule has 1 rings (SSSR count). The first kappa shape index (κ1) is 14.5. The van der Waals surface area contributed by atoms with Crippen LogP contribution < -0.4 is 10.1 Å². The van der Waals surface area contributed by atoms with Gasteiger partial charge in [0.05, 0.1) is 0 Å². The molecule has 0 aromatic heterocycles. The molecule has 1 N–H and O–H groups in total. The Morgan fingerprint density at radius 1 is 1.22 bits per heavy atom. The summed E-state index contributed by atoms with van der Waals surface area (Å²) in [6, 6.07) is 10.4. The van der Waals surface area contributed by atoms with Crippen LogP contribution in [0.25, 0.3) is 0 Å². The van der Waals surface area contributed by atoms with Crippen molar-refractivity contribution in [3.63, 3.8) is 0 Å². The van der Waals surface area contributed by atoms with E-state index >= 15 is 0 Å². The molecule has 0 heterocycles. The van der Waals surface area contributed by atoms with Crippen molar-refractivity contribution in [3.05, 3.63) is 29.8 Å². The molecule has 0 fully saturated rings. The summed E-state index contributed by atoms with van der Waals surface area (Å²) in [6.07, 6.45) is 1.32. The predicted molar refractivity (Wildman–Crippen MR) is 73.5 cm³/mol. The second kappa shape index (κ2) is 7.73. The van der Waals surface area contributed by atoms with Crippen molar-refractivity contribution < 1.29 is 4.74 Å². The lowest BCUT2D eigenvalue weighted by molar-refractivity contribution is 0.246. The molecule has 0 aliphatic heterocycles. The lowest BCUT2D eigenvalue weighted by atomic mass is 10.0. The van der Waals surface area contributed by atoms with Crippen LogP contribution in [0.5, 0.6) is 5.75 Å². The van der Waals surface area contributed by atoms with Crippen molar-refractivity contribution in [2.45, 2.75) is 45.8 Å². The van der Waals surface area contributed by atoms with Crippen LogP contribution in [-0.4, -0.2) is 12.6 Å². The van der Waals surface area contributed by atoms with Crippen molar-refractivity contribution in [3.8, 4) is 11.8 Å². The summed E-state index contributed by atoms with van der Waals surface area (Å²) in [6.45, 7) is 7.11. The van der Waals surface area contributed by atoms with Crippen molar-refractivity contribution in [1.82, 2.24) is 5.32 Å². The number of ether oxygens (including phenoxy) is 1. The minimum Gasteiger partial charge on any atom is -0.475 e. The zero-order chi connectivity index (χ0) is 13.4.